The molecule has 2 unspecified atom stereocenters. The van der Waals surface area contributed by atoms with Crippen LogP contribution in [0.1, 0.15) is 73.7 Å². The van der Waals surface area contributed by atoms with Gasteiger partial charge in [-0.2, -0.15) is 0 Å². The normalized spacial score (nSPS) is 14.1. The van der Waals surface area contributed by atoms with Gasteiger partial charge in [0.2, 0.25) is 0 Å². The molecule has 0 saturated heterocycles. The fourth-order valence-electron chi connectivity index (χ4n) is 4.54. The van der Waals surface area contributed by atoms with Gasteiger partial charge in [0.25, 0.3) is 0 Å². The molecule has 0 amide bonds. The summed E-state index contributed by atoms with van der Waals surface area (Å²) < 4.78 is 29.6. The van der Waals surface area contributed by atoms with Gasteiger partial charge in [0, 0.05) is 30.8 Å². The molecule has 1 aliphatic heterocycles. The van der Waals surface area contributed by atoms with E-state index in [1.54, 1.807) is 20.8 Å². The summed E-state index contributed by atoms with van der Waals surface area (Å²) >= 11 is 0. The maximum Gasteiger partial charge on any atom is 0.451 e. The maximum absolute atomic E-state index is 13.1. The molecule has 0 aromatic heterocycles. The average Bonchev–Trinajstić information content (AvgIpc) is 3.32. The highest BCUT2D eigenvalue weighted by Gasteiger charge is 2.37. The van der Waals surface area contributed by atoms with Crippen LogP contribution < -0.4 is 10.7 Å². The number of rotatable bonds is 17. The lowest BCUT2D eigenvalue weighted by molar-refractivity contribution is -0.147. The number of nitrogens with zero attached hydrogens (tertiary/aromatic N) is 1. The number of esters is 3. The zero-order valence-corrected chi connectivity index (χ0v) is 25.3. The van der Waals surface area contributed by atoms with Gasteiger partial charge in [0.05, 0.1) is 19.6 Å². The molecule has 12 heteroatoms. The van der Waals surface area contributed by atoms with Crippen LogP contribution in [0, 0.1) is 6.92 Å². The van der Waals surface area contributed by atoms with Crippen molar-refractivity contribution in [3.63, 3.8) is 0 Å². The van der Waals surface area contributed by atoms with E-state index >= 15 is 0 Å². The predicted octanol–water partition coefficient (Wildman–Crippen LogP) is 3.47. The standard InChI is InChI=1S/C28H42N3O8P/c1-7-21-19(5)23-17-39-28(35)25(23)26(33)22(21)11-10-18(4)16-29-14-15-40(36)31(20(6)27(34)38-9-3)30-13-12-24(32)37-8-2/h10,20,29-30H,7-9,11-17H2,1-6H3/p+1. The number of ether oxygens (including phenoxy) is 3. The molecule has 0 saturated carbocycles. The summed E-state index contributed by atoms with van der Waals surface area (Å²) in [5.74, 6) is -1.38. The van der Waals surface area contributed by atoms with Crippen molar-refractivity contribution >= 4 is 25.9 Å². The summed E-state index contributed by atoms with van der Waals surface area (Å²) in [6.45, 7) is 12.7. The van der Waals surface area contributed by atoms with Crippen molar-refractivity contribution in [3.8, 4) is 5.75 Å². The molecule has 2 atom stereocenters. The van der Waals surface area contributed by atoms with E-state index in [0.29, 0.717) is 19.5 Å². The third-order valence-electron chi connectivity index (χ3n) is 6.68. The Hall–Kier alpha value is -2.85. The molecule has 1 aromatic rings. The Balaban J connectivity index is 1.96. The van der Waals surface area contributed by atoms with Gasteiger partial charge in [-0.25, -0.2) is 10.2 Å². The summed E-state index contributed by atoms with van der Waals surface area (Å²) in [4.78, 5) is 36.1. The quantitative estimate of drug-likeness (QED) is 0.0622. The molecule has 11 nitrogen and oxygen atoms in total. The minimum atomic E-state index is -2.00. The number of phenolic OH excluding ortho intramolecular Hbond substituents is 1. The second kappa shape index (κ2) is 16.4. The first kappa shape index (κ1) is 33.4. The highest BCUT2D eigenvalue weighted by molar-refractivity contribution is 7.42. The van der Waals surface area contributed by atoms with E-state index < -0.39 is 25.9 Å². The zero-order valence-electron chi connectivity index (χ0n) is 24.4. The molecule has 0 bridgehead atoms. The van der Waals surface area contributed by atoms with E-state index in [9.17, 15) is 24.1 Å². The Morgan fingerprint density at radius 3 is 2.52 bits per heavy atom. The van der Waals surface area contributed by atoms with Crippen LogP contribution in [0.5, 0.6) is 5.75 Å². The SMILES string of the molecule is CCOC(=O)CCNN(C(C)C(=O)OCC)[P+](=O)CCNCC(C)=CCc1c(O)c2c(c(C)c1CC)COC2=O. The fourth-order valence-corrected chi connectivity index (χ4v) is 5.84. The molecule has 0 spiro atoms. The van der Waals surface area contributed by atoms with Crippen LogP contribution in [-0.2, 0) is 47.8 Å². The van der Waals surface area contributed by atoms with E-state index in [0.717, 1.165) is 34.2 Å². The van der Waals surface area contributed by atoms with Crippen molar-refractivity contribution in [1.29, 1.82) is 0 Å². The monoisotopic (exact) mass is 580 g/mol. The summed E-state index contributed by atoms with van der Waals surface area (Å²) in [5.41, 5.74) is 7.73. The Bertz CT molecular complexity index is 1120. The van der Waals surface area contributed by atoms with Gasteiger partial charge in [-0.05, 0) is 67.9 Å². The van der Waals surface area contributed by atoms with Gasteiger partial charge >= 0.3 is 25.9 Å². The number of hydrogen-bond donors (Lipinski definition) is 3. The molecule has 2 rings (SSSR count). The van der Waals surface area contributed by atoms with Gasteiger partial charge in [-0.15, -0.1) is 0 Å². The minimum absolute atomic E-state index is 0.000207. The molecule has 1 aromatic carbocycles. The number of aromatic hydroxyl groups is 1. The second-order valence-corrected chi connectivity index (χ2v) is 11.0. The molecule has 0 aliphatic carbocycles. The Morgan fingerprint density at radius 1 is 1.18 bits per heavy atom. The van der Waals surface area contributed by atoms with E-state index in [-0.39, 0.29) is 56.2 Å². The number of cyclic esters (lactones) is 1. The number of hydrazine groups is 1. The molecule has 0 fully saturated rings. The molecular weight excluding hydrogens is 537 g/mol. The van der Waals surface area contributed by atoms with Crippen molar-refractivity contribution in [3.05, 3.63) is 39.5 Å². The Morgan fingerprint density at radius 2 is 1.88 bits per heavy atom. The first-order valence-electron chi connectivity index (χ1n) is 13.8. The van der Waals surface area contributed by atoms with Gasteiger partial charge in [0.15, 0.2) is 12.2 Å². The molecular formula is C28H43N3O8P+. The van der Waals surface area contributed by atoms with Crippen LogP contribution >= 0.6 is 7.95 Å². The number of nitrogens with one attached hydrogen (secondary N) is 2. The van der Waals surface area contributed by atoms with Crippen LogP contribution in [0.4, 0.5) is 0 Å². The van der Waals surface area contributed by atoms with E-state index in [4.69, 9.17) is 14.2 Å². The number of fused-ring (bicyclic) bond motifs is 1. The lowest BCUT2D eigenvalue weighted by atomic mass is 9.89. The second-order valence-electron chi connectivity index (χ2n) is 9.46. The highest BCUT2D eigenvalue weighted by atomic mass is 31.1. The van der Waals surface area contributed by atoms with Crippen LogP contribution in [0.15, 0.2) is 11.6 Å². The van der Waals surface area contributed by atoms with Crippen LogP contribution in [0.2, 0.25) is 0 Å². The van der Waals surface area contributed by atoms with E-state index in [1.807, 2.05) is 26.8 Å². The Kier molecular flexibility index (Phi) is 13.7. The van der Waals surface area contributed by atoms with Crippen molar-refractivity contribution in [1.82, 2.24) is 15.5 Å². The minimum Gasteiger partial charge on any atom is -0.507 e. The fraction of sp³-hybridized carbons (Fsp3) is 0.607. The maximum atomic E-state index is 13.1. The molecule has 1 aliphatic rings. The summed E-state index contributed by atoms with van der Waals surface area (Å²) in [5, 5.41) is 14.1. The number of carbonyl (C=O) groups excluding carboxylic acids is 3. The van der Waals surface area contributed by atoms with E-state index in [2.05, 4.69) is 10.7 Å². The molecule has 3 N–H and O–H groups in total. The summed E-state index contributed by atoms with van der Waals surface area (Å²) in [6.07, 6.45) is 3.52. The summed E-state index contributed by atoms with van der Waals surface area (Å²) in [7, 11) is -2.00. The summed E-state index contributed by atoms with van der Waals surface area (Å²) in [6, 6.07) is -0.805. The number of hydrogen-bond acceptors (Lipinski definition) is 10. The molecule has 222 valence electrons. The lowest BCUT2D eigenvalue weighted by Gasteiger charge is -2.18. The molecule has 1 heterocycles. The first-order chi connectivity index (χ1) is 19.1. The average molecular weight is 581 g/mol. The number of allylic oxidation sites excluding steroid dienone is 1. The predicted molar refractivity (Wildman–Crippen MR) is 151 cm³/mol. The smallest absolute Gasteiger partial charge is 0.451 e. The third kappa shape index (κ3) is 8.83. The van der Waals surface area contributed by atoms with Gasteiger partial charge in [-0.1, -0.05) is 18.6 Å². The zero-order chi connectivity index (χ0) is 29.8. The van der Waals surface area contributed by atoms with Crippen molar-refractivity contribution in [2.75, 3.05) is 39.0 Å². The van der Waals surface area contributed by atoms with Crippen molar-refractivity contribution < 1.29 is 38.3 Å². The third-order valence-corrected chi connectivity index (χ3v) is 8.26. The van der Waals surface area contributed by atoms with Crippen LogP contribution in [0.3, 0.4) is 0 Å². The largest absolute Gasteiger partial charge is 0.507 e. The van der Waals surface area contributed by atoms with Gasteiger partial charge in [-0.3, -0.25) is 9.59 Å². The van der Waals surface area contributed by atoms with Crippen molar-refractivity contribution in [2.24, 2.45) is 0 Å². The van der Waals surface area contributed by atoms with Crippen molar-refractivity contribution in [2.45, 2.75) is 73.5 Å². The molecule has 40 heavy (non-hydrogen) atoms. The number of carbonyl (C=O) groups is 3. The van der Waals surface area contributed by atoms with E-state index in [1.165, 1.54) is 4.78 Å². The number of benzene rings is 1. The Labute approximate surface area is 237 Å². The van der Waals surface area contributed by atoms with Gasteiger partial charge < -0.3 is 24.6 Å². The molecule has 0 radical (unpaired) electrons. The lowest BCUT2D eigenvalue weighted by Crippen LogP contribution is -2.45. The first-order valence-corrected chi connectivity index (χ1v) is 15.2. The number of phenols is 1. The highest BCUT2D eigenvalue weighted by Crippen LogP contribution is 2.38. The van der Waals surface area contributed by atoms with Crippen LogP contribution in [-0.4, -0.2) is 72.8 Å². The van der Waals surface area contributed by atoms with Crippen LogP contribution in [0.25, 0.3) is 0 Å². The topological polar surface area (TPSA) is 144 Å². The van der Waals surface area contributed by atoms with Gasteiger partial charge in [0.1, 0.15) is 17.9 Å².